The van der Waals surface area contributed by atoms with Crippen molar-refractivity contribution in [1.82, 2.24) is 15.5 Å². The Morgan fingerprint density at radius 3 is 2.39 bits per heavy atom. The Labute approximate surface area is 196 Å². The minimum atomic E-state index is -1.65. The van der Waals surface area contributed by atoms with Crippen LogP contribution in [0.3, 0.4) is 0 Å². The van der Waals surface area contributed by atoms with Crippen molar-refractivity contribution in [1.29, 1.82) is 0 Å². The summed E-state index contributed by atoms with van der Waals surface area (Å²) in [5, 5.41) is 14.3. The first-order valence-corrected chi connectivity index (χ1v) is 11.6. The van der Waals surface area contributed by atoms with Gasteiger partial charge in [0, 0.05) is 19.3 Å². The fourth-order valence-corrected chi connectivity index (χ4v) is 4.56. The third kappa shape index (κ3) is 7.29. The number of amides is 3. The SMILES string of the molecule is COCC(=O)N[C@H](C(=O)N1CSC[C@H]1C(=O)N[C@@H](Cc1ccccc1)C(=O)C(=O)O)C(C)C. The van der Waals surface area contributed by atoms with E-state index < -0.39 is 47.6 Å². The molecule has 3 atom stereocenters. The van der Waals surface area contributed by atoms with Crippen LogP contribution in [0.5, 0.6) is 0 Å². The minimum absolute atomic E-state index is 0.00716. The number of carboxylic acids is 1. The van der Waals surface area contributed by atoms with Crippen LogP contribution in [0.4, 0.5) is 0 Å². The average Bonchev–Trinajstić information content (AvgIpc) is 3.27. The average molecular weight is 480 g/mol. The molecular formula is C22H29N3O7S. The standard InChI is InChI=1S/C22H29N3O7S/c1-13(2)18(24-17(26)10-32-3)21(29)25-12-33-11-16(25)20(28)23-15(19(27)22(30)31)9-14-7-5-4-6-8-14/h4-8,13,15-16,18H,9-12H2,1-3H3,(H,23,28)(H,24,26)(H,30,31)/t15-,16-,18-/m0/s1. The highest BCUT2D eigenvalue weighted by atomic mass is 32.2. The summed E-state index contributed by atoms with van der Waals surface area (Å²) >= 11 is 1.36. The van der Waals surface area contributed by atoms with Crippen molar-refractivity contribution in [2.75, 3.05) is 25.3 Å². The zero-order chi connectivity index (χ0) is 24.5. The molecule has 180 valence electrons. The second-order valence-electron chi connectivity index (χ2n) is 7.97. The van der Waals surface area contributed by atoms with E-state index in [0.717, 1.165) is 0 Å². The van der Waals surface area contributed by atoms with Crippen molar-refractivity contribution in [3.05, 3.63) is 35.9 Å². The lowest BCUT2D eigenvalue weighted by Gasteiger charge is -2.30. The summed E-state index contributed by atoms with van der Waals surface area (Å²) in [6, 6.07) is 5.70. The maximum absolute atomic E-state index is 13.2. The van der Waals surface area contributed by atoms with E-state index >= 15 is 0 Å². The molecule has 0 unspecified atom stereocenters. The second-order valence-corrected chi connectivity index (χ2v) is 8.97. The quantitative estimate of drug-likeness (QED) is 0.378. The number of carbonyl (C=O) groups excluding carboxylic acids is 4. The molecule has 3 N–H and O–H groups in total. The lowest BCUT2D eigenvalue weighted by Crippen LogP contribution is -2.58. The van der Waals surface area contributed by atoms with Crippen molar-refractivity contribution >= 4 is 41.2 Å². The van der Waals surface area contributed by atoms with Crippen LogP contribution >= 0.6 is 11.8 Å². The van der Waals surface area contributed by atoms with Gasteiger partial charge in [-0.3, -0.25) is 19.2 Å². The number of hydrogen-bond donors (Lipinski definition) is 3. The number of ketones is 1. The number of Topliss-reactive ketones (excluding diaryl/α,β-unsaturated/α-hetero) is 1. The molecule has 10 nitrogen and oxygen atoms in total. The van der Waals surface area contributed by atoms with E-state index in [1.807, 2.05) is 0 Å². The van der Waals surface area contributed by atoms with Gasteiger partial charge in [-0.05, 0) is 11.5 Å². The maximum atomic E-state index is 13.2. The van der Waals surface area contributed by atoms with Crippen molar-refractivity contribution in [2.24, 2.45) is 5.92 Å². The van der Waals surface area contributed by atoms with E-state index in [1.54, 1.807) is 44.2 Å². The molecule has 2 rings (SSSR count). The number of ether oxygens (including phenoxy) is 1. The van der Waals surface area contributed by atoms with Gasteiger partial charge in [-0.15, -0.1) is 11.8 Å². The summed E-state index contributed by atoms with van der Waals surface area (Å²) in [4.78, 5) is 63.1. The number of rotatable bonds is 11. The topological polar surface area (TPSA) is 142 Å². The highest BCUT2D eigenvalue weighted by molar-refractivity contribution is 7.99. The predicted molar refractivity (Wildman–Crippen MR) is 121 cm³/mol. The van der Waals surface area contributed by atoms with Crippen molar-refractivity contribution < 1.29 is 33.8 Å². The molecule has 0 saturated carbocycles. The molecular weight excluding hydrogens is 450 g/mol. The second kappa shape index (κ2) is 12.4. The molecule has 1 aromatic rings. The van der Waals surface area contributed by atoms with Gasteiger partial charge in [0.05, 0.1) is 5.88 Å². The molecule has 1 fully saturated rings. The van der Waals surface area contributed by atoms with Crippen LogP contribution in [0, 0.1) is 5.92 Å². The van der Waals surface area contributed by atoms with Gasteiger partial charge < -0.3 is 25.4 Å². The molecule has 1 aliphatic heterocycles. The summed E-state index contributed by atoms with van der Waals surface area (Å²) in [6.45, 7) is 3.35. The summed E-state index contributed by atoms with van der Waals surface area (Å²) in [5.74, 6) is -4.00. The van der Waals surface area contributed by atoms with Crippen LogP contribution in [0.1, 0.15) is 19.4 Å². The monoisotopic (exact) mass is 479 g/mol. The van der Waals surface area contributed by atoms with E-state index in [0.29, 0.717) is 5.56 Å². The predicted octanol–water partition coefficient (Wildman–Crippen LogP) is 0.0563. The van der Waals surface area contributed by atoms with Gasteiger partial charge in [-0.2, -0.15) is 0 Å². The summed E-state index contributed by atoms with van der Waals surface area (Å²) in [6.07, 6.45) is 0.00716. The molecule has 1 heterocycles. The Bertz CT molecular complexity index is 878. The fraction of sp³-hybridized carbons (Fsp3) is 0.500. The van der Waals surface area contributed by atoms with Crippen molar-refractivity contribution in [3.63, 3.8) is 0 Å². The molecule has 0 radical (unpaired) electrons. The zero-order valence-electron chi connectivity index (χ0n) is 18.8. The van der Waals surface area contributed by atoms with Crippen molar-refractivity contribution in [2.45, 2.75) is 38.4 Å². The van der Waals surface area contributed by atoms with Crippen LogP contribution < -0.4 is 10.6 Å². The van der Waals surface area contributed by atoms with Crippen LogP contribution in [0.25, 0.3) is 0 Å². The summed E-state index contributed by atoms with van der Waals surface area (Å²) < 4.78 is 4.80. The number of carbonyl (C=O) groups is 5. The van der Waals surface area contributed by atoms with E-state index in [4.69, 9.17) is 4.74 Å². The van der Waals surface area contributed by atoms with E-state index in [9.17, 15) is 29.1 Å². The first kappa shape index (κ1) is 26.3. The lowest BCUT2D eigenvalue weighted by atomic mass is 10.0. The van der Waals surface area contributed by atoms with Gasteiger partial charge in [0.2, 0.25) is 17.7 Å². The summed E-state index contributed by atoms with van der Waals surface area (Å²) in [7, 11) is 1.37. The normalized spacial score (nSPS) is 17.3. The molecule has 33 heavy (non-hydrogen) atoms. The fourth-order valence-electron chi connectivity index (χ4n) is 3.39. The summed E-state index contributed by atoms with van der Waals surface area (Å²) in [5.41, 5.74) is 0.687. The van der Waals surface area contributed by atoms with Gasteiger partial charge in [0.15, 0.2) is 0 Å². The Hall–Kier alpha value is -2.92. The van der Waals surface area contributed by atoms with E-state index in [1.165, 1.54) is 23.8 Å². The molecule has 11 heteroatoms. The Morgan fingerprint density at radius 2 is 1.82 bits per heavy atom. The number of methoxy groups -OCH3 is 1. The van der Waals surface area contributed by atoms with Gasteiger partial charge >= 0.3 is 5.97 Å². The highest BCUT2D eigenvalue weighted by Crippen LogP contribution is 2.23. The number of carboxylic acid groups (broad SMARTS) is 1. The molecule has 0 bridgehead atoms. The van der Waals surface area contributed by atoms with Crippen LogP contribution in [0.2, 0.25) is 0 Å². The zero-order valence-corrected chi connectivity index (χ0v) is 19.6. The van der Waals surface area contributed by atoms with Gasteiger partial charge in [0.25, 0.3) is 5.78 Å². The Kier molecular flexibility index (Phi) is 9.86. The Balaban J connectivity index is 2.16. The maximum Gasteiger partial charge on any atom is 0.374 e. The third-order valence-corrected chi connectivity index (χ3v) is 6.13. The van der Waals surface area contributed by atoms with Gasteiger partial charge in [0.1, 0.15) is 24.7 Å². The third-order valence-electron chi connectivity index (χ3n) is 5.12. The molecule has 1 aliphatic rings. The molecule has 0 spiro atoms. The largest absolute Gasteiger partial charge is 0.475 e. The molecule has 3 amide bonds. The van der Waals surface area contributed by atoms with Crippen LogP contribution in [0.15, 0.2) is 30.3 Å². The van der Waals surface area contributed by atoms with Gasteiger partial charge in [-0.1, -0.05) is 44.2 Å². The molecule has 1 saturated heterocycles. The number of aliphatic carboxylic acids is 1. The van der Waals surface area contributed by atoms with Crippen molar-refractivity contribution in [3.8, 4) is 0 Å². The molecule has 1 aromatic carbocycles. The first-order valence-electron chi connectivity index (χ1n) is 10.4. The van der Waals surface area contributed by atoms with Crippen LogP contribution in [-0.2, 0) is 35.1 Å². The first-order chi connectivity index (χ1) is 15.6. The molecule has 0 aliphatic carbocycles. The number of nitrogens with one attached hydrogen (secondary N) is 2. The number of benzene rings is 1. The van der Waals surface area contributed by atoms with Gasteiger partial charge in [-0.25, -0.2) is 4.79 Å². The molecule has 0 aromatic heterocycles. The van der Waals surface area contributed by atoms with Crippen LogP contribution in [-0.4, -0.2) is 83.0 Å². The lowest BCUT2D eigenvalue weighted by molar-refractivity contribution is -0.150. The number of thioether (sulfide) groups is 1. The smallest absolute Gasteiger partial charge is 0.374 e. The van der Waals surface area contributed by atoms with E-state index in [-0.39, 0.29) is 30.6 Å². The number of nitrogens with zero attached hydrogens (tertiary/aromatic N) is 1. The van der Waals surface area contributed by atoms with E-state index in [2.05, 4.69) is 10.6 Å². The number of hydrogen-bond acceptors (Lipinski definition) is 7. The minimum Gasteiger partial charge on any atom is -0.475 e. The highest BCUT2D eigenvalue weighted by Gasteiger charge is 2.40. The Morgan fingerprint density at radius 1 is 1.15 bits per heavy atom.